The van der Waals surface area contributed by atoms with Crippen LogP contribution < -0.4 is 0 Å². The van der Waals surface area contributed by atoms with Crippen LogP contribution in [0.25, 0.3) is 0 Å². The standard InChI is InChI=1S/C20H29NO3/c1-8-20(9-2,13(3)4)16-10-11-17(14(5)12-16)18(22)21(7)15(6)19(23)24/h10-12,15H,3,8-9H2,1-2,4-7H3,(H,23,24). The van der Waals surface area contributed by atoms with E-state index in [0.717, 1.165) is 29.5 Å². The zero-order valence-electron chi connectivity index (χ0n) is 15.6. The van der Waals surface area contributed by atoms with E-state index >= 15 is 0 Å². The number of rotatable bonds is 7. The first-order valence-electron chi connectivity index (χ1n) is 8.39. The number of hydrogen-bond donors (Lipinski definition) is 1. The first-order valence-corrected chi connectivity index (χ1v) is 8.39. The van der Waals surface area contributed by atoms with E-state index in [9.17, 15) is 9.59 Å². The van der Waals surface area contributed by atoms with Crippen LogP contribution in [0.5, 0.6) is 0 Å². The summed E-state index contributed by atoms with van der Waals surface area (Å²) in [4.78, 5) is 24.9. The average Bonchev–Trinajstić information content (AvgIpc) is 2.54. The van der Waals surface area contributed by atoms with Gasteiger partial charge in [-0.25, -0.2) is 4.79 Å². The molecule has 0 spiro atoms. The molecule has 0 heterocycles. The van der Waals surface area contributed by atoms with Gasteiger partial charge in [0.15, 0.2) is 0 Å². The Hall–Kier alpha value is -2.10. The number of carbonyl (C=O) groups excluding carboxylic acids is 1. The number of allylic oxidation sites excluding steroid dienone is 1. The SMILES string of the molecule is C=C(C)C(CC)(CC)c1ccc(C(=O)N(C)C(C)C(=O)O)c(C)c1. The molecule has 0 aliphatic heterocycles. The molecular formula is C20H29NO3. The van der Waals surface area contributed by atoms with Crippen LogP contribution in [0.2, 0.25) is 0 Å². The molecule has 0 aliphatic rings. The molecule has 1 rings (SSSR count). The van der Waals surface area contributed by atoms with E-state index in [2.05, 4.69) is 20.4 Å². The Morgan fingerprint density at radius 1 is 1.29 bits per heavy atom. The predicted octanol–water partition coefficient (Wildman–Crippen LogP) is 4.17. The third-order valence-corrected chi connectivity index (χ3v) is 5.29. The summed E-state index contributed by atoms with van der Waals surface area (Å²) >= 11 is 0. The summed E-state index contributed by atoms with van der Waals surface area (Å²) in [5.41, 5.74) is 3.57. The summed E-state index contributed by atoms with van der Waals surface area (Å²) in [7, 11) is 1.52. The maximum atomic E-state index is 12.6. The van der Waals surface area contributed by atoms with Crippen molar-refractivity contribution in [2.24, 2.45) is 0 Å². The average molecular weight is 331 g/mol. The zero-order chi connectivity index (χ0) is 18.7. The molecule has 0 saturated carbocycles. The number of benzene rings is 1. The molecule has 0 aromatic heterocycles. The van der Waals surface area contributed by atoms with Crippen LogP contribution in [0, 0.1) is 6.92 Å². The molecule has 4 heteroatoms. The maximum Gasteiger partial charge on any atom is 0.326 e. The monoisotopic (exact) mass is 331 g/mol. The summed E-state index contributed by atoms with van der Waals surface area (Å²) in [6.45, 7) is 13.9. The Balaban J connectivity index is 3.28. The molecule has 132 valence electrons. The normalized spacial score (nSPS) is 12.6. The molecule has 24 heavy (non-hydrogen) atoms. The van der Waals surface area contributed by atoms with Crippen molar-refractivity contribution in [1.82, 2.24) is 4.90 Å². The minimum absolute atomic E-state index is 0.0907. The fraction of sp³-hybridized carbons (Fsp3) is 0.500. The third-order valence-electron chi connectivity index (χ3n) is 5.29. The number of carboxylic acids is 1. The van der Waals surface area contributed by atoms with Crippen LogP contribution >= 0.6 is 0 Å². The summed E-state index contributed by atoms with van der Waals surface area (Å²) in [5, 5.41) is 9.09. The molecule has 1 aromatic carbocycles. The van der Waals surface area contributed by atoms with E-state index in [-0.39, 0.29) is 11.3 Å². The fourth-order valence-corrected chi connectivity index (χ4v) is 3.24. The number of carbonyl (C=O) groups is 2. The predicted molar refractivity (Wildman–Crippen MR) is 97.4 cm³/mol. The van der Waals surface area contributed by atoms with Gasteiger partial charge < -0.3 is 10.0 Å². The van der Waals surface area contributed by atoms with Gasteiger partial charge in [-0.15, -0.1) is 0 Å². The van der Waals surface area contributed by atoms with E-state index in [1.54, 1.807) is 6.07 Å². The van der Waals surface area contributed by atoms with Gasteiger partial charge in [0.1, 0.15) is 6.04 Å². The third kappa shape index (κ3) is 3.53. The number of aliphatic carboxylic acids is 1. The minimum Gasteiger partial charge on any atom is -0.480 e. The maximum absolute atomic E-state index is 12.6. The molecule has 0 saturated heterocycles. The molecule has 1 atom stereocenters. The molecule has 0 aliphatic carbocycles. The van der Waals surface area contributed by atoms with Crippen molar-refractivity contribution in [1.29, 1.82) is 0 Å². The first kappa shape index (κ1) is 19.9. The highest BCUT2D eigenvalue weighted by atomic mass is 16.4. The summed E-state index contributed by atoms with van der Waals surface area (Å²) in [6.07, 6.45) is 1.89. The minimum atomic E-state index is -1.02. The van der Waals surface area contributed by atoms with Crippen molar-refractivity contribution in [2.45, 2.75) is 58.9 Å². The molecule has 0 radical (unpaired) electrons. The number of aryl methyl sites for hydroxylation is 1. The molecule has 0 fully saturated rings. The van der Waals surface area contributed by atoms with Gasteiger partial charge >= 0.3 is 5.97 Å². The van der Waals surface area contributed by atoms with Crippen molar-refractivity contribution in [3.05, 3.63) is 47.0 Å². The quantitative estimate of drug-likeness (QED) is 0.763. The summed E-state index contributed by atoms with van der Waals surface area (Å²) < 4.78 is 0. The highest BCUT2D eigenvalue weighted by Crippen LogP contribution is 2.38. The van der Waals surface area contributed by atoms with E-state index in [1.165, 1.54) is 18.9 Å². The van der Waals surface area contributed by atoms with Crippen molar-refractivity contribution in [3.63, 3.8) is 0 Å². The van der Waals surface area contributed by atoms with Gasteiger partial charge in [0.05, 0.1) is 0 Å². The molecular weight excluding hydrogens is 302 g/mol. The highest BCUT2D eigenvalue weighted by Gasteiger charge is 2.30. The molecule has 1 amide bonds. The largest absolute Gasteiger partial charge is 0.480 e. The lowest BCUT2D eigenvalue weighted by Gasteiger charge is -2.34. The van der Waals surface area contributed by atoms with Gasteiger partial charge in [-0.1, -0.05) is 38.1 Å². The van der Waals surface area contributed by atoms with Crippen molar-refractivity contribution in [2.75, 3.05) is 7.05 Å². The van der Waals surface area contributed by atoms with Crippen molar-refractivity contribution >= 4 is 11.9 Å². The van der Waals surface area contributed by atoms with Gasteiger partial charge in [-0.05, 0) is 50.8 Å². The second-order valence-corrected chi connectivity index (χ2v) is 6.53. The van der Waals surface area contributed by atoms with Gasteiger partial charge in [-0.2, -0.15) is 0 Å². The Morgan fingerprint density at radius 3 is 2.21 bits per heavy atom. The lowest BCUT2D eigenvalue weighted by molar-refractivity contribution is -0.141. The van der Waals surface area contributed by atoms with Crippen LogP contribution in [0.3, 0.4) is 0 Å². The van der Waals surface area contributed by atoms with E-state index in [0.29, 0.717) is 5.56 Å². The molecule has 1 aromatic rings. The number of likely N-dealkylation sites (N-methyl/N-ethyl adjacent to an activating group) is 1. The number of carboxylic acid groups (broad SMARTS) is 1. The second-order valence-electron chi connectivity index (χ2n) is 6.53. The van der Waals surface area contributed by atoms with E-state index in [1.807, 2.05) is 26.0 Å². The highest BCUT2D eigenvalue weighted by molar-refractivity contribution is 5.97. The lowest BCUT2D eigenvalue weighted by Crippen LogP contribution is -2.40. The van der Waals surface area contributed by atoms with Crippen molar-refractivity contribution in [3.8, 4) is 0 Å². The first-order chi connectivity index (χ1) is 11.1. The van der Waals surface area contributed by atoms with Crippen LogP contribution in [0.15, 0.2) is 30.4 Å². The molecule has 1 unspecified atom stereocenters. The van der Waals surface area contributed by atoms with E-state index < -0.39 is 12.0 Å². The van der Waals surface area contributed by atoms with E-state index in [4.69, 9.17) is 5.11 Å². The van der Waals surface area contributed by atoms with Crippen molar-refractivity contribution < 1.29 is 14.7 Å². The van der Waals surface area contributed by atoms with Gasteiger partial charge in [0.2, 0.25) is 0 Å². The number of amides is 1. The smallest absolute Gasteiger partial charge is 0.326 e. The lowest BCUT2D eigenvalue weighted by atomic mass is 9.70. The van der Waals surface area contributed by atoms with Crippen LogP contribution in [0.1, 0.15) is 62.0 Å². The fourth-order valence-electron chi connectivity index (χ4n) is 3.24. The van der Waals surface area contributed by atoms with Gasteiger partial charge in [0.25, 0.3) is 5.91 Å². The Morgan fingerprint density at radius 2 is 1.83 bits per heavy atom. The summed E-state index contributed by atoms with van der Waals surface area (Å²) in [6, 6.07) is 4.95. The molecule has 0 bridgehead atoms. The van der Waals surface area contributed by atoms with Gasteiger partial charge in [-0.3, -0.25) is 4.79 Å². The Labute approximate surface area is 145 Å². The van der Waals surface area contributed by atoms with Crippen LogP contribution in [-0.2, 0) is 10.2 Å². The molecule has 4 nitrogen and oxygen atoms in total. The van der Waals surface area contributed by atoms with Crippen LogP contribution in [0.4, 0.5) is 0 Å². The number of hydrogen-bond acceptors (Lipinski definition) is 2. The Kier molecular flexibility index (Phi) is 6.35. The molecule has 1 N–H and O–H groups in total. The van der Waals surface area contributed by atoms with Crippen LogP contribution in [-0.4, -0.2) is 35.0 Å². The Bertz CT molecular complexity index is 644. The topological polar surface area (TPSA) is 57.6 Å². The van der Waals surface area contributed by atoms with Gasteiger partial charge in [0, 0.05) is 18.0 Å². The second kappa shape index (κ2) is 7.65. The summed E-state index contributed by atoms with van der Waals surface area (Å²) in [5.74, 6) is -1.29. The zero-order valence-corrected chi connectivity index (χ0v) is 15.6. The number of nitrogens with zero attached hydrogens (tertiary/aromatic N) is 1.